The predicted octanol–water partition coefficient (Wildman–Crippen LogP) is 4.30. The first-order valence-corrected chi connectivity index (χ1v) is 8.95. The molecule has 2 aromatic rings. The maximum absolute atomic E-state index is 4.77. The number of nitrogens with zero attached hydrogens (tertiary/aromatic N) is 3. The van der Waals surface area contributed by atoms with Crippen LogP contribution in [0, 0.1) is 13.8 Å². The molecule has 24 heavy (non-hydrogen) atoms. The first-order valence-electron chi connectivity index (χ1n) is 8.95. The molecule has 0 aliphatic carbocycles. The number of piperidine rings is 1. The number of nitrogens with one attached hydrogen (secondary N) is 1. The van der Waals surface area contributed by atoms with Gasteiger partial charge in [-0.25, -0.2) is 9.97 Å². The molecule has 1 aliphatic rings. The van der Waals surface area contributed by atoms with Crippen LogP contribution in [0.2, 0.25) is 0 Å². The summed E-state index contributed by atoms with van der Waals surface area (Å²) >= 11 is 0. The van der Waals surface area contributed by atoms with Gasteiger partial charge in [-0.15, -0.1) is 0 Å². The van der Waals surface area contributed by atoms with E-state index in [4.69, 9.17) is 4.98 Å². The Bertz CT molecular complexity index is 688. The monoisotopic (exact) mass is 324 g/mol. The Kier molecular flexibility index (Phi) is 5.03. The van der Waals surface area contributed by atoms with E-state index in [9.17, 15) is 0 Å². The fourth-order valence-electron chi connectivity index (χ4n) is 3.22. The van der Waals surface area contributed by atoms with Gasteiger partial charge in [0.1, 0.15) is 11.6 Å². The Morgan fingerprint density at radius 3 is 2.50 bits per heavy atom. The normalized spacial score (nSPS) is 15.8. The molecule has 1 N–H and O–H groups in total. The summed E-state index contributed by atoms with van der Waals surface area (Å²) in [7, 11) is 0. The van der Waals surface area contributed by atoms with Gasteiger partial charge in [0.2, 0.25) is 0 Å². The van der Waals surface area contributed by atoms with Crippen molar-refractivity contribution in [1.29, 1.82) is 0 Å². The molecule has 0 atom stereocenters. The van der Waals surface area contributed by atoms with Crippen molar-refractivity contribution in [1.82, 2.24) is 9.97 Å². The number of rotatable bonds is 4. The van der Waals surface area contributed by atoms with Crippen molar-refractivity contribution < 1.29 is 0 Å². The van der Waals surface area contributed by atoms with Crippen LogP contribution >= 0.6 is 0 Å². The average molecular weight is 324 g/mol. The highest BCUT2D eigenvalue weighted by atomic mass is 15.2. The fraction of sp³-hybridized carbons (Fsp3) is 0.500. The molecule has 0 spiro atoms. The minimum absolute atomic E-state index is 0.365. The molecule has 128 valence electrons. The van der Waals surface area contributed by atoms with E-state index >= 15 is 0 Å². The molecule has 2 heterocycles. The van der Waals surface area contributed by atoms with Gasteiger partial charge in [-0.1, -0.05) is 26.0 Å². The molecule has 0 saturated carbocycles. The van der Waals surface area contributed by atoms with Gasteiger partial charge in [0.25, 0.3) is 0 Å². The van der Waals surface area contributed by atoms with Crippen LogP contribution in [0.1, 0.15) is 49.7 Å². The van der Waals surface area contributed by atoms with Crippen molar-refractivity contribution in [3.8, 4) is 0 Å². The van der Waals surface area contributed by atoms with Crippen molar-refractivity contribution in [3.05, 3.63) is 47.4 Å². The molecular formula is C20H28N4. The van der Waals surface area contributed by atoms with E-state index in [-0.39, 0.29) is 0 Å². The minimum Gasteiger partial charge on any atom is -0.382 e. The molecule has 1 fully saturated rings. The Hall–Kier alpha value is -2.10. The Morgan fingerprint density at radius 1 is 1.08 bits per heavy atom. The summed E-state index contributed by atoms with van der Waals surface area (Å²) < 4.78 is 0. The zero-order valence-corrected chi connectivity index (χ0v) is 15.2. The summed E-state index contributed by atoms with van der Waals surface area (Å²) in [6.45, 7) is 10.6. The first kappa shape index (κ1) is 16.7. The van der Waals surface area contributed by atoms with Crippen LogP contribution < -0.4 is 10.2 Å². The van der Waals surface area contributed by atoms with E-state index in [0.717, 1.165) is 43.3 Å². The van der Waals surface area contributed by atoms with E-state index in [1.165, 1.54) is 11.3 Å². The predicted molar refractivity (Wildman–Crippen MR) is 101 cm³/mol. The number of aryl methyl sites for hydroxylation is 2. The first-order chi connectivity index (χ1) is 11.5. The van der Waals surface area contributed by atoms with Gasteiger partial charge in [-0.05, 0) is 44.4 Å². The maximum Gasteiger partial charge on any atom is 0.133 e. The van der Waals surface area contributed by atoms with Gasteiger partial charge in [-0.3, -0.25) is 0 Å². The average Bonchev–Trinajstić information content (AvgIpc) is 2.55. The third-order valence-corrected chi connectivity index (χ3v) is 4.58. The Balaban J connectivity index is 1.63. The molecule has 4 heteroatoms. The van der Waals surface area contributed by atoms with Crippen molar-refractivity contribution in [2.75, 3.05) is 23.3 Å². The molecule has 4 nitrogen and oxygen atoms in total. The lowest BCUT2D eigenvalue weighted by Crippen LogP contribution is -2.39. The summed E-state index contributed by atoms with van der Waals surface area (Å²) in [5.74, 6) is 2.40. The van der Waals surface area contributed by atoms with E-state index in [0.29, 0.717) is 12.0 Å². The van der Waals surface area contributed by atoms with Crippen LogP contribution in [0.25, 0.3) is 0 Å². The van der Waals surface area contributed by atoms with Gasteiger partial charge in [0.15, 0.2) is 0 Å². The largest absolute Gasteiger partial charge is 0.382 e. The smallest absolute Gasteiger partial charge is 0.133 e. The van der Waals surface area contributed by atoms with E-state index < -0.39 is 0 Å². The number of hydrogen-bond donors (Lipinski definition) is 1. The van der Waals surface area contributed by atoms with Gasteiger partial charge >= 0.3 is 0 Å². The second kappa shape index (κ2) is 7.20. The molecule has 1 aliphatic heterocycles. The molecule has 0 radical (unpaired) electrons. The van der Waals surface area contributed by atoms with Crippen LogP contribution in [0.3, 0.4) is 0 Å². The molecule has 1 aromatic carbocycles. The van der Waals surface area contributed by atoms with Gasteiger partial charge in [0.05, 0.1) is 0 Å². The zero-order chi connectivity index (χ0) is 17.1. The van der Waals surface area contributed by atoms with Gasteiger partial charge < -0.3 is 10.2 Å². The van der Waals surface area contributed by atoms with E-state index in [1.54, 1.807) is 0 Å². The number of aromatic nitrogens is 2. The fourth-order valence-corrected chi connectivity index (χ4v) is 3.22. The highest BCUT2D eigenvalue weighted by Gasteiger charge is 2.21. The van der Waals surface area contributed by atoms with Crippen LogP contribution in [-0.2, 0) is 0 Å². The highest BCUT2D eigenvalue weighted by Crippen LogP contribution is 2.23. The van der Waals surface area contributed by atoms with Crippen LogP contribution in [0.15, 0.2) is 30.3 Å². The number of benzene rings is 1. The third kappa shape index (κ3) is 4.05. The summed E-state index contributed by atoms with van der Waals surface area (Å²) in [4.78, 5) is 11.7. The minimum atomic E-state index is 0.365. The SMILES string of the molecule is Cc1cccc(NC2CCN(c3cc(C)nc(C(C)C)n3)CC2)c1. The second-order valence-electron chi connectivity index (χ2n) is 7.16. The quantitative estimate of drug-likeness (QED) is 0.910. The molecule has 1 aromatic heterocycles. The summed E-state index contributed by atoms with van der Waals surface area (Å²) in [6.07, 6.45) is 2.27. The van der Waals surface area contributed by atoms with Crippen molar-refractivity contribution in [3.63, 3.8) is 0 Å². The van der Waals surface area contributed by atoms with Crippen molar-refractivity contribution in [2.24, 2.45) is 0 Å². The van der Waals surface area contributed by atoms with Gasteiger partial charge in [0, 0.05) is 42.5 Å². The second-order valence-corrected chi connectivity index (χ2v) is 7.16. The van der Waals surface area contributed by atoms with E-state index in [2.05, 4.69) is 73.2 Å². The number of hydrogen-bond acceptors (Lipinski definition) is 4. The topological polar surface area (TPSA) is 41.0 Å². The summed E-state index contributed by atoms with van der Waals surface area (Å²) in [5.41, 5.74) is 3.59. The highest BCUT2D eigenvalue weighted by molar-refractivity contribution is 5.47. The number of anilines is 2. The Morgan fingerprint density at radius 2 is 1.83 bits per heavy atom. The lowest BCUT2D eigenvalue weighted by molar-refractivity contribution is 0.522. The third-order valence-electron chi connectivity index (χ3n) is 4.58. The van der Waals surface area contributed by atoms with E-state index in [1.807, 2.05) is 0 Å². The van der Waals surface area contributed by atoms with Crippen molar-refractivity contribution in [2.45, 2.75) is 52.5 Å². The molecule has 0 unspecified atom stereocenters. The summed E-state index contributed by atoms with van der Waals surface area (Å²) in [5, 5.41) is 3.68. The molecular weight excluding hydrogens is 296 g/mol. The van der Waals surface area contributed by atoms with Gasteiger partial charge in [-0.2, -0.15) is 0 Å². The van der Waals surface area contributed by atoms with Crippen molar-refractivity contribution >= 4 is 11.5 Å². The molecule has 1 saturated heterocycles. The van der Waals surface area contributed by atoms with Crippen LogP contribution in [-0.4, -0.2) is 29.1 Å². The lowest BCUT2D eigenvalue weighted by Gasteiger charge is -2.34. The van der Waals surface area contributed by atoms with Crippen LogP contribution in [0.5, 0.6) is 0 Å². The Labute approximate surface area is 145 Å². The van der Waals surface area contributed by atoms with Crippen LogP contribution in [0.4, 0.5) is 11.5 Å². The molecule has 3 rings (SSSR count). The summed E-state index contributed by atoms with van der Waals surface area (Å²) in [6, 6.07) is 11.3. The lowest BCUT2D eigenvalue weighted by atomic mass is 10.0. The molecule has 0 bridgehead atoms. The maximum atomic E-state index is 4.77. The standard InChI is InChI=1S/C20H28N4/c1-14(2)20-21-16(4)13-19(23-20)24-10-8-17(9-11-24)22-18-7-5-6-15(3)12-18/h5-7,12-14,17,22H,8-11H2,1-4H3. The molecule has 0 amide bonds. The zero-order valence-electron chi connectivity index (χ0n) is 15.2.